The summed E-state index contributed by atoms with van der Waals surface area (Å²) in [6.45, 7) is 7.07. The Labute approximate surface area is 106 Å². The van der Waals surface area contributed by atoms with Crippen LogP contribution in [0.5, 0.6) is 0 Å². The zero-order valence-electron chi connectivity index (χ0n) is 11.6. The lowest BCUT2D eigenvalue weighted by Crippen LogP contribution is -2.44. The van der Waals surface area contributed by atoms with E-state index in [4.69, 9.17) is 5.73 Å². The summed E-state index contributed by atoms with van der Waals surface area (Å²) in [4.78, 5) is 12.4. The first-order valence-corrected chi connectivity index (χ1v) is 7.04. The molecule has 0 saturated heterocycles. The van der Waals surface area contributed by atoms with Gasteiger partial charge in [-0.2, -0.15) is 0 Å². The van der Waals surface area contributed by atoms with Gasteiger partial charge in [-0.15, -0.1) is 0 Å². The third-order valence-electron chi connectivity index (χ3n) is 3.89. The normalized spacial score (nSPS) is 20.5. The monoisotopic (exact) mass is 240 g/mol. The van der Waals surface area contributed by atoms with E-state index >= 15 is 0 Å². The highest BCUT2D eigenvalue weighted by Gasteiger charge is 2.41. The highest BCUT2D eigenvalue weighted by Crippen LogP contribution is 2.43. The van der Waals surface area contributed by atoms with Crippen molar-refractivity contribution in [2.24, 2.45) is 17.1 Å². The summed E-state index contributed by atoms with van der Waals surface area (Å²) < 4.78 is 0. The minimum absolute atomic E-state index is 0.0939. The van der Waals surface area contributed by atoms with Crippen molar-refractivity contribution in [1.82, 2.24) is 5.32 Å². The molecule has 1 unspecified atom stereocenters. The van der Waals surface area contributed by atoms with Gasteiger partial charge in [0.15, 0.2) is 0 Å². The third-order valence-corrected chi connectivity index (χ3v) is 3.89. The quantitative estimate of drug-likeness (QED) is 0.749. The van der Waals surface area contributed by atoms with E-state index in [0.717, 1.165) is 25.7 Å². The highest BCUT2D eigenvalue weighted by atomic mass is 16.2. The number of carbonyl (C=O) groups is 1. The molecule has 0 bridgehead atoms. The summed E-state index contributed by atoms with van der Waals surface area (Å²) in [6, 6.07) is 0.0939. The summed E-state index contributed by atoms with van der Waals surface area (Å²) in [5, 5.41) is 3.06. The smallest absolute Gasteiger partial charge is 0.226 e. The first-order chi connectivity index (χ1) is 8.00. The molecule has 0 aliphatic heterocycles. The second-order valence-electron chi connectivity index (χ2n) is 5.96. The van der Waals surface area contributed by atoms with Crippen LogP contribution in [0.2, 0.25) is 0 Å². The molecule has 1 aliphatic carbocycles. The molecular weight excluding hydrogens is 212 g/mol. The molecule has 0 radical (unpaired) electrons. The average molecular weight is 240 g/mol. The van der Waals surface area contributed by atoms with Crippen molar-refractivity contribution in [3.05, 3.63) is 0 Å². The molecule has 0 aromatic heterocycles. The Kier molecular flexibility index (Phi) is 5.44. The molecular formula is C14H28N2O. The Bertz CT molecular complexity index is 245. The standard InChI is InChI=1S/C14H28N2O/c1-4-12(15)10-16-13(17)14(9-11(2)3)7-5-6-8-14/h11-12H,4-10,15H2,1-3H3,(H,16,17). The van der Waals surface area contributed by atoms with Gasteiger partial charge in [-0.05, 0) is 31.6 Å². The van der Waals surface area contributed by atoms with E-state index in [1.807, 2.05) is 0 Å². The predicted molar refractivity (Wildman–Crippen MR) is 71.6 cm³/mol. The van der Waals surface area contributed by atoms with Crippen LogP contribution in [-0.2, 0) is 4.79 Å². The summed E-state index contributed by atoms with van der Waals surface area (Å²) in [5.74, 6) is 0.825. The number of nitrogens with one attached hydrogen (secondary N) is 1. The van der Waals surface area contributed by atoms with Crippen LogP contribution < -0.4 is 11.1 Å². The van der Waals surface area contributed by atoms with Gasteiger partial charge >= 0.3 is 0 Å². The number of amides is 1. The van der Waals surface area contributed by atoms with Gasteiger partial charge in [0.25, 0.3) is 0 Å². The average Bonchev–Trinajstić information content (AvgIpc) is 2.74. The molecule has 1 aliphatic rings. The maximum atomic E-state index is 12.4. The molecule has 1 fully saturated rings. The summed E-state index contributed by atoms with van der Waals surface area (Å²) >= 11 is 0. The van der Waals surface area contributed by atoms with Crippen molar-refractivity contribution in [1.29, 1.82) is 0 Å². The molecule has 0 aromatic carbocycles. The predicted octanol–water partition coefficient (Wildman–Crippen LogP) is 2.45. The van der Waals surface area contributed by atoms with E-state index < -0.39 is 0 Å². The lowest BCUT2D eigenvalue weighted by molar-refractivity contribution is -0.131. The van der Waals surface area contributed by atoms with Crippen LogP contribution in [0.1, 0.15) is 59.3 Å². The molecule has 100 valence electrons. The van der Waals surface area contributed by atoms with Crippen LogP contribution in [0.4, 0.5) is 0 Å². The van der Waals surface area contributed by atoms with Crippen LogP contribution in [0.15, 0.2) is 0 Å². The molecule has 1 amide bonds. The maximum absolute atomic E-state index is 12.4. The van der Waals surface area contributed by atoms with Crippen molar-refractivity contribution in [3.63, 3.8) is 0 Å². The Hall–Kier alpha value is -0.570. The minimum Gasteiger partial charge on any atom is -0.354 e. The number of hydrogen-bond donors (Lipinski definition) is 2. The first-order valence-electron chi connectivity index (χ1n) is 7.04. The molecule has 1 saturated carbocycles. The molecule has 17 heavy (non-hydrogen) atoms. The SMILES string of the molecule is CCC(N)CNC(=O)C1(CC(C)C)CCCC1. The number of rotatable bonds is 6. The molecule has 0 spiro atoms. The number of nitrogens with two attached hydrogens (primary N) is 1. The van der Waals surface area contributed by atoms with E-state index in [1.165, 1.54) is 12.8 Å². The Morgan fingerprint density at radius 2 is 1.94 bits per heavy atom. The van der Waals surface area contributed by atoms with Crippen LogP contribution >= 0.6 is 0 Å². The lowest BCUT2D eigenvalue weighted by Gasteiger charge is -2.30. The van der Waals surface area contributed by atoms with Gasteiger partial charge in [-0.3, -0.25) is 4.79 Å². The zero-order valence-corrected chi connectivity index (χ0v) is 11.6. The second-order valence-corrected chi connectivity index (χ2v) is 5.96. The number of hydrogen-bond acceptors (Lipinski definition) is 2. The maximum Gasteiger partial charge on any atom is 0.226 e. The van der Waals surface area contributed by atoms with Gasteiger partial charge in [0.2, 0.25) is 5.91 Å². The summed E-state index contributed by atoms with van der Waals surface area (Å²) in [7, 11) is 0. The molecule has 0 heterocycles. The largest absolute Gasteiger partial charge is 0.354 e. The Morgan fingerprint density at radius 3 is 2.41 bits per heavy atom. The molecule has 3 heteroatoms. The van der Waals surface area contributed by atoms with Crippen LogP contribution in [0.3, 0.4) is 0 Å². The minimum atomic E-state index is -0.0956. The lowest BCUT2D eigenvalue weighted by atomic mass is 9.77. The Morgan fingerprint density at radius 1 is 1.35 bits per heavy atom. The fourth-order valence-corrected chi connectivity index (χ4v) is 2.91. The van der Waals surface area contributed by atoms with Crippen molar-refractivity contribution >= 4 is 5.91 Å². The molecule has 3 N–H and O–H groups in total. The first kappa shape index (κ1) is 14.5. The van der Waals surface area contributed by atoms with Gasteiger partial charge < -0.3 is 11.1 Å². The fraction of sp³-hybridized carbons (Fsp3) is 0.929. The molecule has 1 rings (SSSR count). The van der Waals surface area contributed by atoms with Gasteiger partial charge in [-0.1, -0.05) is 33.6 Å². The summed E-state index contributed by atoms with van der Waals surface area (Å²) in [5.41, 5.74) is 5.75. The zero-order chi connectivity index (χ0) is 12.9. The molecule has 3 nitrogen and oxygen atoms in total. The van der Waals surface area contributed by atoms with E-state index in [1.54, 1.807) is 0 Å². The highest BCUT2D eigenvalue weighted by molar-refractivity contribution is 5.82. The van der Waals surface area contributed by atoms with Crippen LogP contribution in [0, 0.1) is 11.3 Å². The van der Waals surface area contributed by atoms with E-state index in [-0.39, 0.29) is 17.4 Å². The van der Waals surface area contributed by atoms with Crippen LogP contribution in [0.25, 0.3) is 0 Å². The van der Waals surface area contributed by atoms with Crippen molar-refractivity contribution in [2.75, 3.05) is 6.54 Å². The summed E-state index contributed by atoms with van der Waals surface area (Å²) in [6.07, 6.45) is 6.42. The van der Waals surface area contributed by atoms with E-state index in [2.05, 4.69) is 26.1 Å². The Balaban J connectivity index is 2.55. The topological polar surface area (TPSA) is 55.1 Å². The molecule has 1 atom stereocenters. The second kappa shape index (κ2) is 6.39. The number of carbonyl (C=O) groups excluding carboxylic acids is 1. The van der Waals surface area contributed by atoms with Gasteiger partial charge in [0.1, 0.15) is 0 Å². The fourth-order valence-electron chi connectivity index (χ4n) is 2.91. The van der Waals surface area contributed by atoms with Gasteiger partial charge in [-0.25, -0.2) is 0 Å². The van der Waals surface area contributed by atoms with Gasteiger partial charge in [0.05, 0.1) is 0 Å². The third kappa shape index (κ3) is 3.98. The van der Waals surface area contributed by atoms with Crippen molar-refractivity contribution in [2.45, 2.75) is 65.3 Å². The molecule has 0 aromatic rings. The van der Waals surface area contributed by atoms with Crippen molar-refractivity contribution in [3.8, 4) is 0 Å². The van der Waals surface area contributed by atoms with E-state index in [0.29, 0.717) is 12.5 Å². The van der Waals surface area contributed by atoms with Gasteiger partial charge in [0, 0.05) is 18.0 Å². The van der Waals surface area contributed by atoms with Crippen LogP contribution in [-0.4, -0.2) is 18.5 Å². The van der Waals surface area contributed by atoms with Crippen molar-refractivity contribution < 1.29 is 4.79 Å². The van der Waals surface area contributed by atoms with E-state index in [9.17, 15) is 4.79 Å².